The number of aryl methyl sites for hydroxylation is 1. The van der Waals surface area contributed by atoms with E-state index in [2.05, 4.69) is 15.0 Å². The Balaban J connectivity index is 1.63. The summed E-state index contributed by atoms with van der Waals surface area (Å²) in [5.74, 6) is 0.0545. The Morgan fingerprint density at radius 1 is 1.00 bits per heavy atom. The van der Waals surface area contributed by atoms with Gasteiger partial charge in [0.1, 0.15) is 18.2 Å². The summed E-state index contributed by atoms with van der Waals surface area (Å²) in [6.07, 6.45) is 3.40. The molecule has 0 unspecified atom stereocenters. The minimum Gasteiger partial charge on any atom is -0.492 e. The van der Waals surface area contributed by atoms with Gasteiger partial charge in [-0.15, -0.1) is 0 Å². The summed E-state index contributed by atoms with van der Waals surface area (Å²) in [6, 6.07) is 13.5. The standard InChI is InChI=1S/C20H20FN3O3S/c1-15-12-18(24-28(25,26)20-4-2-16(21)3-5-20)14-19(13-15)27-11-10-23-17-6-8-22-9-7-17/h2-9,12-14,24H,10-11H2,1H3,(H,22,23). The second kappa shape index (κ2) is 8.71. The van der Waals surface area contributed by atoms with Gasteiger partial charge in [-0.25, -0.2) is 12.8 Å². The fourth-order valence-electron chi connectivity index (χ4n) is 2.55. The summed E-state index contributed by atoms with van der Waals surface area (Å²) in [5.41, 5.74) is 2.16. The van der Waals surface area contributed by atoms with E-state index < -0.39 is 15.8 Å². The molecule has 0 spiro atoms. The number of hydrogen-bond acceptors (Lipinski definition) is 5. The van der Waals surface area contributed by atoms with E-state index in [0.717, 1.165) is 23.4 Å². The van der Waals surface area contributed by atoms with Crippen molar-refractivity contribution in [3.8, 4) is 5.75 Å². The maximum atomic E-state index is 13.0. The van der Waals surface area contributed by atoms with Crippen LogP contribution in [0.3, 0.4) is 0 Å². The highest BCUT2D eigenvalue weighted by Crippen LogP contribution is 2.23. The van der Waals surface area contributed by atoms with E-state index in [4.69, 9.17) is 4.74 Å². The van der Waals surface area contributed by atoms with Gasteiger partial charge >= 0.3 is 0 Å². The van der Waals surface area contributed by atoms with E-state index in [1.165, 1.54) is 12.1 Å². The van der Waals surface area contributed by atoms with Crippen molar-refractivity contribution >= 4 is 21.4 Å². The molecular weight excluding hydrogens is 381 g/mol. The van der Waals surface area contributed by atoms with Gasteiger partial charge in [-0.2, -0.15) is 0 Å². The summed E-state index contributed by atoms with van der Waals surface area (Å²) in [6.45, 7) is 2.82. The number of hydrogen-bond donors (Lipinski definition) is 2. The van der Waals surface area contributed by atoms with Crippen LogP contribution in [-0.2, 0) is 10.0 Å². The average Bonchev–Trinajstić information content (AvgIpc) is 2.66. The molecule has 0 aliphatic heterocycles. The third-order valence-corrected chi connectivity index (χ3v) is 5.20. The third-order valence-electron chi connectivity index (χ3n) is 3.81. The lowest BCUT2D eigenvalue weighted by Crippen LogP contribution is -2.14. The Morgan fingerprint density at radius 3 is 2.43 bits per heavy atom. The van der Waals surface area contributed by atoms with Crippen molar-refractivity contribution in [3.63, 3.8) is 0 Å². The quantitative estimate of drug-likeness (QED) is 0.561. The molecule has 2 aromatic carbocycles. The van der Waals surface area contributed by atoms with E-state index >= 15 is 0 Å². The molecule has 0 saturated heterocycles. The van der Waals surface area contributed by atoms with Gasteiger partial charge in [0.15, 0.2) is 0 Å². The van der Waals surface area contributed by atoms with Gasteiger partial charge in [0, 0.05) is 30.7 Å². The molecule has 6 nitrogen and oxygen atoms in total. The van der Waals surface area contributed by atoms with Gasteiger partial charge in [0.05, 0.1) is 10.6 Å². The molecule has 8 heteroatoms. The first-order valence-corrected chi connectivity index (χ1v) is 10.1. The molecule has 0 saturated carbocycles. The summed E-state index contributed by atoms with van der Waals surface area (Å²) < 4.78 is 46.2. The highest BCUT2D eigenvalue weighted by molar-refractivity contribution is 7.92. The summed E-state index contributed by atoms with van der Waals surface area (Å²) in [4.78, 5) is 3.94. The van der Waals surface area contributed by atoms with Gasteiger partial charge in [0.25, 0.3) is 10.0 Å². The van der Waals surface area contributed by atoms with Crippen molar-refractivity contribution < 1.29 is 17.5 Å². The molecule has 0 amide bonds. The van der Waals surface area contributed by atoms with Gasteiger partial charge in [-0.05, 0) is 61.0 Å². The van der Waals surface area contributed by atoms with Gasteiger partial charge in [-0.1, -0.05) is 0 Å². The predicted octanol–water partition coefficient (Wildman–Crippen LogP) is 3.82. The van der Waals surface area contributed by atoms with E-state index in [0.29, 0.717) is 24.6 Å². The van der Waals surface area contributed by atoms with Crippen molar-refractivity contribution in [2.75, 3.05) is 23.2 Å². The van der Waals surface area contributed by atoms with Crippen molar-refractivity contribution in [1.29, 1.82) is 0 Å². The van der Waals surface area contributed by atoms with E-state index in [9.17, 15) is 12.8 Å². The Bertz CT molecular complexity index is 1030. The lowest BCUT2D eigenvalue weighted by atomic mass is 10.2. The molecule has 0 aliphatic rings. The molecule has 0 radical (unpaired) electrons. The summed E-state index contributed by atoms with van der Waals surface area (Å²) in [7, 11) is -3.82. The van der Waals surface area contributed by atoms with Crippen molar-refractivity contribution in [3.05, 3.63) is 78.4 Å². The van der Waals surface area contributed by atoms with Crippen LogP contribution in [0.25, 0.3) is 0 Å². The Labute approximate surface area is 163 Å². The fraction of sp³-hybridized carbons (Fsp3) is 0.150. The average molecular weight is 401 g/mol. The van der Waals surface area contributed by atoms with Crippen LogP contribution in [0.5, 0.6) is 5.75 Å². The Hall–Kier alpha value is -3.13. The van der Waals surface area contributed by atoms with E-state index in [-0.39, 0.29) is 4.90 Å². The molecule has 0 aliphatic carbocycles. The molecule has 0 atom stereocenters. The first-order valence-electron chi connectivity index (χ1n) is 8.59. The minimum atomic E-state index is -3.82. The predicted molar refractivity (Wildman–Crippen MR) is 107 cm³/mol. The zero-order chi connectivity index (χ0) is 20.0. The number of sulfonamides is 1. The number of anilines is 2. The molecule has 1 heterocycles. The SMILES string of the molecule is Cc1cc(NS(=O)(=O)c2ccc(F)cc2)cc(OCCNc2ccncc2)c1. The zero-order valence-electron chi connectivity index (χ0n) is 15.2. The first kappa shape index (κ1) is 19.6. The Kier molecular flexibility index (Phi) is 6.10. The highest BCUT2D eigenvalue weighted by atomic mass is 32.2. The minimum absolute atomic E-state index is 0.0144. The maximum absolute atomic E-state index is 13.0. The highest BCUT2D eigenvalue weighted by Gasteiger charge is 2.15. The van der Waals surface area contributed by atoms with Crippen LogP contribution in [0.2, 0.25) is 0 Å². The number of nitrogens with one attached hydrogen (secondary N) is 2. The lowest BCUT2D eigenvalue weighted by molar-refractivity contribution is 0.333. The number of nitrogens with zero attached hydrogens (tertiary/aromatic N) is 1. The second-order valence-corrected chi connectivity index (χ2v) is 7.79. The Morgan fingerprint density at radius 2 is 1.71 bits per heavy atom. The zero-order valence-corrected chi connectivity index (χ0v) is 16.0. The van der Waals surface area contributed by atoms with Crippen LogP contribution in [0.4, 0.5) is 15.8 Å². The van der Waals surface area contributed by atoms with Crippen molar-refractivity contribution in [2.24, 2.45) is 0 Å². The summed E-state index contributed by atoms with van der Waals surface area (Å²) in [5, 5.41) is 3.20. The normalized spacial score (nSPS) is 11.1. The maximum Gasteiger partial charge on any atom is 0.261 e. The molecule has 146 valence electrons. The molecular formula is C20H20FN3O3S. The van der Waals surface area contributed by atoms with Crippen molar-refractivity contribution in [1.82, 2.24) is 4.98 Å². The molecule has 3 rings (SSSR count). The lowest BCUT2D eigenvalue weighted by Gasteiger charge is -2.13. The molecule has 1 aromatic heterocycles. The summed E-state index contributed by atoms with van der Waals surface area (Å²) >= 11 is 0. The number of aromatic nitrogens is 1. The second-order valence-electron chi connectivity index (χ2n) is 6.11. The number of pyridine rings is 1. The first-order chi connectivity index (χ1) is 13.4. The van der Waals surface area contributed by atoms with Crippen LogP contribution in [0.15, 0.2) is 71.9 Å². The van der Waals surface area contributed by atoms with Gasteiger partial charge in [-0.3, -0.25) is 9.71 Å². The van der Waals surface area contributed by atoms with Crippen LogP contribution in [-0.4, -0.2) is 26.6 Å². The molecule has 2 N–H and O–H groups in total. The third kappa shape index (κ3) is 5.43. The number of benzene rings is 2. The van der Waals surface area contributed by atoms with Crippen LogP contribution >= 0.6 is 0 Å². The monoisotopic (exact) mass is 401 g/mol. The topological polar surface area (TPSA) is 80.3 Å². The number of rotatable bonds is 8. The number of ether oxygens (including phenoxy) is 1. The number of halogens is 1. The van der Waals surface area contributed by atoms with Crippen LogP contribution < -0.4 is 14.8 Å². The molecule has 3 aromatic rings. The molecule has 0 bridgehead atoms. The van der Waals surface area contributed by atoms with Gasteiger partial charge in [0.2, 0.25) is 0 Å². The van der Waals surface area contributed by atoms with Crippen molar-refractivity contribution in [2.45, 2.75) is 11.8 Å². The van der Waals surface area contributed by atoms with Gasteiger partial charge < -0.3 is 10.1 Å². The van der Waals surface area contributed by atoms with E-state index in [1.807, 2.05) is 25.1 Å². The van der Waals surface area contributed by atoms with E-state index in [1.54, 1.807) is 24.5 Å². The van der Waals surface area contributed by atoms with Crippen LogP contribution in [0.1, 0.15) is 5.56 Å². The molecule has 28 heavy (non-hydrogen) atoms. The molecule has 0 fully saturated rings. The fourth-order valence-corrected chi connectivity index (χ4v) is 3.59. The largest absolute Gasteiger partial charge is 0.492 e. The smallest absolute Gasteiger partial charge is 0.261 e. The van der Waals surface area contributed by atoms with Crippen LogP contribution in [0, 0.1) is 12.7 Å².